The van der Waals surface area contributed by atoms with Gasteiger partial charge in [0.25, 0.3) is 0 Å². The summed E-state index contributed by atoms with van der Waals surface area (Å²) >= 11 is 0. The Kier molecular flexibility index (Phi) is 3.96. The largest absolute Gasteiger partial charge is 0.326 e. The summed E-state index contributed by atoms with van der Waals surface area (Å²) in [7, 11) is 0. The highest BCUT2D eigenvalue weighted by Gasteiger charge is 2.06. The van der Waals surface area contributed by atoms with Gasteiger partial charge < -0.3 is 5.32 Å². The molecular formula is C17H14FN3O. The average Bonchev–Trinajstić information content (AvgIpc) is 3.04. The number of carbonyl (C=O) groups excluding carboxylic acids is 1. The first kappa shape index (κ1) is 14.0. The standard InChI is InChI=1S/C17H14FN3O/c18-14-6-4-12(5-7-14)10-17(22)20-15-3-1-2-13(11-15)16-8-9-19-21-16/h1-9,11H,10H2,(H,19,21)(H,20,22). The number of aromatic amines is 1. The maximum Gasteiger partial charge on any atom is 0.228 e. The van der Waals surface area contributed by atoms with Crippen molar-refractivity contribution in [2.75, 3.05) is 5.32 Å². The molecule has 0 aliphatic rings. The van der Waals surface area contributed by atoms with E-state index in [1.165, 1.54) is 12.1 Å². The van der Waals surface area contributed by atoms with Crippen molar-refractivity contribution in [3.63, 3.8) is 0 Å². The predicted molar refractivity (Wildman–Crippen MR) is 82.8 cm³/mol. The van der Waals surface area contributed by atoms with Crippen molar-refractivity contribution in [2.45, 2.75) is 6.42 Å². The summed E-state index contributed by atoms with van der Waals surface area (Å²) < 4.78 is 12.8. The molecule has 4 nitrogen and oxygen atoms in total. The number of benzene rings is 2. The highest BCUT2D eigenvalue weighted by Crippen LogP contribution is 2.20. The van der Waals surface area contributed by atoms with E-state index in [1.54, 1.807) is 18.3 Å². The molecule has 0 bridgehead atoms. The Bertz CT molecular complexity index is 767. The summed E-state index contributed by atoms with van der Waals surface area (Å²) in [6.07, 6.45) is 1.88. The van der Waals surface area contributed by atoms with Crippen LogP contribution in [0.1, 0.15) is 5.56 Å². The van der Waals surface area contributed by atoms with Gasteiger partial charge in [0, 0.05) is 17.4 Å². The van der Waals surface area contributed by atoms with Crippen LogP contribution in [0.15, 0.2) is 60.8 Å². The highest BCUT2D eigenvalue weighted by molar-refractivity contribution is 5.92. The van der Waals surface area contributed by atoms with E-state index in [2.05, 4.69) is 15.5 Å². The smallest absolute Gasteiger partial charge is 0.228 e. The maximum absolute atomic E-state index is 12.8. The molecule has 0 atom stereocenters. The van der Waals surface area contributed by atoms with Gasteiger partial charge in [0.15, 0.2) is 0 Å². The summed E-state index contributed by atoms with van der Waals surface area (Å²) in [6, 6.07) is 15.3. The van der Waals surface area contributed by atoms with Gasteiger partial charge >= 0.3 is 0 Å². The third-order valence-corrected chi connectivity index (χ3v) is 3.24. The second-order valence-corrected chi connectivity index (χ2v) is 4.90. The molecule has 0 radical (unpaired) electrons. The molecule has 1 aromatic heterocycles. The van der Waals surface area contributed by atoms with Gasteiger partial charge in [-0.2, -0.15) is 5.10 Å². The number of rotatable bonds is 4. The van der Waals surface area contributed by atoms with E-state index < -0.39 is 0 Å². The minimum Gasteiger partial charge on any atom is -0.326 e. The Balaban J connectivity index is 1.69. The number of halogens is 1. The van der Waals surface area contributed by atoms with Crippen molar-refractivity contribution in [3.8, 4) is 11.3 Å². The molecule has 2 aromatic carbocycles. The molecule has 0 aliphatic heterocycles. The quantitative estimate of drug-likeness (QED) is 0.775. The molecule has 3 aromatic rings. The van der Waals surface area contributed by atoms with Gasteiger partial charge in [0.05, 0.1) is 12.1 Å². The first-order chi connectivity index (χ1) is 10.7. The Labute approximate surface area is 127 Å². The van der Waals surface area contributed by atoms with Gasteiger partial charge in [-0.3, -0.25) is 9.89 Å². The summed E-state index contributed by atoms with van der Waals surface area (Å²) in [5, 5.41) is 9.63. The van der Waals surface area contributed by atoms with Gasteiger partial charge in [0.2, 0.25) is 5.91 Å². The van der Waals surface area contributed by atoms with Crippen LogP contribution in [0.25, 0.3) is 11.3 Å². The third-order valence-electron chi connectivity index (χ3n) is 3.24. The van der Waals surface area contributed by atoms with Crippen molar-refractivity contribution in [1.29, 1.82) is 0 Å². The van der Waals surface area contributed by atoms with Crippen LogP contribution in [-0.2, 0) is 11.2 Å². The molecule has 110 valence electrons. The number of H-pyrrole nitrogens is 1. The molecule has 22 heavy (non-hydrogen) atoms. The SMILES string of the molecule is O=C(Cc1ccc(F)cc1)Nc1cccc(-c2ccn[nH]2)c1. The molecule has 0 aliphatic carbocycles. The Morgan fingerprint density at radius 2 is 1.95 bits per heavy atom. The van der Waals surface area contributed by atoms with Gasteiger partial charge in [-0.1, -0.05) is 24.3 Å². The molecule has 0 spiro atoms. The Hall–Kier alpha value is -2.95. The summed E-state index contributed by atoms with van der Waals surface area (Å²) in [4.78, 5) is 12.0. The molecule has 0 saturated carbocycles. The topological polar surface area (TPSA) is 57.8 Å². The lowest BCUT2D eigenvalue weighted by Crippen LogP contribution is -2.14. The number of aromatic nitrogens is 2. The third kappa shape index (κ3) is 3.38. The fraction of sp³-hybridized carbons (Fsp3) is 0.0588. The molecule has 3 rings (SSSR count). The average molecular weight is 295 g/mol. The molecule has 0 unspecified atom stereocenters. The van der Waals surface area contributed by atoms with Crippen LogP contribution in [-0.4, -0.2) is 16.1 Å². The fourth-order valence-corrected chi connectivity index (χ4v) is 2.17. The van der Waals surface area contributed by atoms with Crippen molar-refractivity contribution < 1.29 is 9.18 Å². The molecule has 0 fully saturated rings. The van der Waals surface area contributed by atoms with Gasteiger partial charge in [-0.15, -0.1) is 0 Å². The maximum atomic E-state index is 12.8. The van der Waals surface area contributed by atoms with Crippen molar-refractivity contribution in [1.82, 2.24) is 10.2 Å². The number of nitrogens with one attached hydrogen (secondary N) is 2. The number of anilines is 1. The van der Waals surface area contributed by atoms with Crippen molar-refractivity contribution >= 4 is 11.6 Å². The number of nitrogens with zero attached hydrogens (tertiary/aromatic N) is 1. The normalized spacial score (nSPS) is 10.4. The zero-order chi connectivity index (χ0) is 15.4. The Morgan fingerprint density at radius 1 is 1.14 bits per heavy atom. The van der Waals surface area contributed by atoms with E-state index in [9.17, 15) is 9.18 Å². The van der Waals surface area contributed by atoms with Crippen LogP contribution in [0.2, 0.25) is 0 Å². The van der Waals surface area contributed by atoms with E-state index in [0.717, 1.165) is 16.8 Å². The van der Waals surface area contributed by atoms with Gasteiger partial charge in [-0.05, 0) is 35.9 Å². The van der Waals surface area contributed by atoms with E-state index in [1.807, 2.05) is 30.3 Å². The highest BCUT2D eigenvalue weighted by atomic mass is 19.1. The molecule has 1 amide bonds. The molecule has 2 N–H and O–H groups in total. The van der Waals surface area contributed by atoms with E-state index in [4.69, 9.17) is 0 Å². The van der Waals surface area contributed by atoms with Crippen LogP contribution in [0.5, 0.6) is 0 Å². The van der Waals surface area contributed by atoms with Crippen LogP contribution in [0, 0.1) is 5.82 Å². The Morgan fingerprint density at radius 3 is 2.68 bits per heavy atom. The number of hydrogen-bond donors (Lipinski definition) is 2. The fourth-order valence-electron chi connectivity index (χ4n) is 2.17. The van der Waals surface area contributed by atoms with E-state index >= 15 is 0 Å². The number of carbonyl (C=O) groups is 1. The predicted octanol–water partition coefficient (Wildman–Crippen LogP) is 3.40. The van der Waals surface area contributed by atoms with Gasteiger partial charge in [0.1, 0.15) is 5.82 Å². The van der Waals surface area contributed by atoms with Crippen LogP contribution >= 0.6 is 0 Å². The lowest BCUT2D eigenvalue weighted by atomic mass is 10.1. The summed E-state index contributed by atoms with van der Waals surface area (Å²) in [5.74, 6) is -0.454. The van der Waals surface area contributed by atoms with Crippen LogP contribution in [0.3, 0.4) is 0 Å². The zero-order valence-corrected chi connectivity index (χ0v) is 11.7. The van der Waals surface area contributed by atoms with Crippen LogP contribution < -0.4 is 5.32 Å². The summed E-state index contributed by atoms with van der Waals surface area (Å²) in [6.45, 7) is 0. The van der Waals surface area contributed by atoms with Crippen LogP contribution in [0.4, 0.5) is 10.1 Å². The summed E-state index contributed by atoms with van der Waals surface area (Å²) in [5.41, 5.74) is 3.30. The van der Waals surface area contributed by atoms with Crippen molar-refractivity contribution in [2.24, 2.45) is 0 Å². The second-order valence-electron chi connectivity index (χ2n) is 4.90. The first-order valence-corrected chi connectivity index (χ1v) is 6.85. The number of hydrogen-bond acceptors (Lipinski definition) is 2. The number of amides is 1. The molecule has 1 heterocycles. The zero-order valence-electron chi connectivity index (χ0n) is 11.7. The monoisotopic (exact) mass is 295 g/mol. The lowest BCUT2D eigenvalue weighted by Gasteiger charge is -2.07. The molecule has 5 heteroatoms. The lowest BCUT2D eigenvalue weighted by molar-refractivity contribution is -0.115. The molecule has 0 saturated heterocycles. The van der Waals surface area contributed by atoms with E-state index in [-0.39, 0.29) is 18.1 Å². The van der Waals surface area contributed by atoms with Crippen molar-refractivity contribution in [3.05, 3.63) is 72.2 Å². The van der Waals surface area contributed by atoms with Gasteiger partial charge in [-0.25, -0.2) is 4.39 Å². The van der Waals surface area contributed by atoms with E-state index in [0.29, 0.717) is 5.69 Å². The minimum atomic E-state index is -0.309. The first-order valence-electron chi connectivity index (χ1n) is 6.85. The second kappa shape index (κ2) is 6.22. The minimum absolute atomic E-state index is 0.145. The molecular weight excluding hydrogens is 281 g/mol.